The highest BCUT2D eigenvalue weighted by Gasteiger charge is 2.35. The highest BCUT2D eigenvalue weighted by atomic mass is 35.5. The van der Waals surface area contributed by atoms with Crippen molar-refractivity contribution in [2.45, 2.75) is 32.1 Å². The van der Waals surface area contributed by atoms with Gasteiger partial charge in [-0.15, -0.1) is 10.2 Å². The first-order chi connectivity index (χ1) is 18.3. The number of hydrogen-bond donors (Lipinski definition) is 4. The van der Waals surface area contributed by atoms with Crippen LogP contribution in [0.25, 0.3) is 11.5 Å². The lowest BCUT2D eigenvalue weighted by molar-refractivity contribution is 0.00967. The van der Waals surface area contributed by atoms with Gasteiger partial charge >= 0.3 is 5.97 Å². The molecule has 1 amide bonds. The number of amides is 1. The Morgan fingerprint density at radius 3 is 2.71 bits per heavy atom. The molecule has 1 saturated heterocycles. The standard InChI is InChI=1S/C23H22Cl2N8O4S/c1-11-15(24)16(25)17(26-11)21(34)27-13-7-8-33(9-14(13)37-10-12-5-3-2-4-6-12)23-28-18(19(38-23)22(35)36)20-29-31-32-30-20/h2-6,13-14,26H,7-10H2,1H3,(H,27,34)(H,35,36)(H,29,30,31,32)/t13-,14+/m1/s1. The van der Waals surface area contributed by atoms with Crippen LogP contribution in [0, 0.1) is 6.92 Å². The minimum atomic E-state index is -1.13. The number of H-pyrrole nitrogens is 2. The van der Waals surface area contributed by atoms with Gasteiger partial charge in [-0.1, -0.05) is 64.9 Å². The van der Waals surface area contributed by atoms with E-state index in [1.807, 2.05) is 35.2 Å². The van der Waals surface area contributed by atoms with Crippen LogP contribution in [0.1, 0.15) is 37.8 Å². The Kier molecular flexibility index (Phi) is 7.61. The zero-order chi connectivity index (χ0) is 26.8. The SMILES string of the molecule is Cc1[nH]c(C(=O)N[C@@H]2CCN(c3nc(-c4nn[nH]n4)c(C(=O)O)s3)C[C@@H]2OCc2ccccc2)c(Cl)c1Cl. The van der Waals surface area contributed by atoms with E-state index >= 15 is 0 Å². The topological polar surface area (TPSA) is 162 Å². The van der Waals surface area contributed by atoms with Crippen molar-refractivity contribution in [3.05, 3.63) is 62.2 Å². The van der Waals surface area contributed by atoms with Crippen molar-refractivity contribution < 1.29 is 19.4 Å². The van der Waals surface area contributed by atoms with Gasteiger partial charge in [0.25, 0.3) is 5.91 Å². The maximum absolute atomic E-state index is 13.1. The van der Waals surface area contributed by atoms with Crippen molar-refractivity contribution in [3.63, 3.8) is 0 Å². The minimum Gasteiger partial charge on any atom is -0.477 e. The van der Waals surface area contributed by atoms with E-state index in [1.54, 1.807) is 6.92 Å². The van der Waals surface area contributed by atoms with E-state index in [1.165, 1.54) is 0 Å². The number of carbonyl (C=O) groups excluding carboxylic acids is 1. The lowest BCUT2D eigenvalue weighted by Crippen LogP contribution is -2.55. The summed E-state index contributed by atoms with van der Waals surface area (Å²) in [6.07, 6.45) is 0.0690. The Balaban J connectivity index is 1.38. The first-order valence-corrected chi connectivity index (χ1v) is 13.1. The lowest BCUT2D eigenvalue weighted by Gasteiger charge is -2.38. The number of benzene rings is 1. The first kappa shape index (κ1) is 26.1. The number of nitrogens with one attached hydrogen (secondary N) is 3. The number of hydrogen-bond acceptors (Lipinski definition) is 9. The highest BCUT2D eigenvalue weighted by Crippen LogP contribution is 2.34. The molecule has 3 aromatic heterocycles. The molecule has 1 aliphatic heterocycles. The highest BCUT2D eigenvalue weighted by molar-refractivity contribution is 7.17. The Morgan fingerprint density at radius 1 is 1.26 bits per heavy atom. The van der Waals surface area contributed by atoms with Crippen LogP contribution in [-0.4, -0.2) is 72.8 Å². The van der Waals surface area contributed by atoms with Gasteiger partial charge < -0.3 is 25.0 Å². The zero-order valence-corrected chi connectivity index (χ0v) is 22.3. The first-order valence-electron chi connectivity index (χ1n) is 11.5. The number of thiazole rings is 1. The molecule has 0 aliphatic carbocycles. The predicted molar refractivity (Wildman–Crippen MR) is 141 cm³/mol. The molecule has 5 rings (SSSR count). The Labute approximate surface area is 230 Å². The fourth-order valence-electron chi connectivity index (χ4n) is 4.17. The second-order valence-corrected chi connectivity index (χ2v) is 10.4. The third kappa shape index (κ3) is 5.36. The van der Waals surface area contributed by atoms with Crippen LogP contribution >= 0.6 is 34.5 Å². The molecule has 38 heavy (non-hydrogen) atoms. The van der Waals surface area contributed by atoms with Gasteiger partial charge in [0.2, 0.25) is 5.82 Å². The molecule has 15 heteroatoms. The predicted octanol–water partition coefficient (Wildman–Crippen LogP) is 3.56. The Morgan fingerprint density at radius 2 is 2.05 bits per heavy atom. The monoisotopic (exact) mass is 576 g/mol. The van der Waals surface area contributed by atoms with Crippen LogP contribution in [0.2, 0.25) is 10.0 Å². The number of aryl methyl sites for hydroxylation is 1. The number of halogens is 2. The maximum atomic E-state index is 13.1. The normalized spacial score (nSPS) is 17.5. The molecule has 0 radical (unpaired) electrons. The molecule has 198 valence electrons. The number of piperidine rings is 1. The third-order valence-corrected chi connectivity index (χ3v) is 8.15. The molecule has 1 aromatic carbocycles. The molecular weight excluding hydrogens is 555 g/mol. The zero-order valence-electron chi connectivity index (χ0n) is 19.9. The fraction of sp³-hybridized carbons (Fsp3) is 0.304. The number of aromatic amines is 2. The van der Waals surface area contributed by atoms with Gasteiger partial charge in [-0.25, -0.2) is 9.78 Å². The van der Waals surface area contributed by atoms with E-state index in [4.69, 9.17) is 27.9 Å². The smallest absolute Gasteiger partial charge is 0.348 e. The summed E-state index contributed by atoms with van der Waals surface area (Å²) in [6, 6.07) is 9.33. The second kappa shape index (κ2) is 11.1. The number of aromatic nitrogens is 6. The van der Waals surface area contributed by atoms with Gasteiger partial charge in [0.15, 0.2) is 5.13 Å². The number of carbonyl (C=O) groups is 2. The number of tetrazole rings is 1. The van der Waals surface area contributed by atoms with Crippen molar-refractivity contribution in [2.24, 2.45) is 0 Å². The maximum Gasteiger partial charge on any atom is 0.348 e. The summed E-state index contributed by atoms with van der Waals surface area (Å²) >= 11 is 13.4. The average molecular weight is 577 g/mol. The lowest BCUT2D eigenvalue weighted by atomic mass is 10.0. The number of aromatic carboxylic acids is 1. The van der Waals surface area contributed by atoms with Crippen LogP contribution in [0.3, 0.4) is 0 Å². The van der Waals surface area contributed by atoms with Crippen molar-refractivity contribution >= 4 is 51.5 Å². The van der Waals surface area contributed by atoms with Gasteiger partial charge in [0, 0.05) is 18.8 Å². The third-order valence-electron chi connectivity index (χ3n) is 6.10. The Hall–Kier alpha value is -3.52. The van der Waals surface area contributed by atoms with Crippen LogP contribution in [-0.2, 0) is 11.3 Å². The second-order valence-electron chi connectivity index (χ2n) is 8.62. The van der Waals surface area contributed by atoms with Crippen molar-refractivity contribution in [3.8, 4) is 11.5 Å². The molecule has 4 heterocycles. The Bertz CT molecular complexity index is 1440. The fourth-order valence-corrected chi connectivity index (χ4v) is 5.52. The molecule has 4 N–H and O–H groups in total. The van der Waals surface area contributed by atoms with Crippen molar-refractivity contribution in [1.82, 2.24) is 35.9 Å². The molecule has 4 aromatic rings. The largest absolute Gasteiger partial charge is 0.477 e. The summed E-state index contributed by atoms with van der Waals surface area (Å²) in [7, 11) is 0. The van der Waals surface area contributed by atoms with Gasteiger partial charge in [-0.3, -0.25) is 4.79 Å². The van der Waals surface area contributed by atoms with Crippen molar-refractivity contribution in [1.29, 1.82) is 0 Å². The van der Waals surface area contributed by atoms with Gasteiger partial charge in [-0.2, -0.15) is 5.21 Å². The molecule has 0 spiro atoms. The van der Waals surface area contributed by atoms with E-state index in [0.29, 0.717) is 42.0 Å². The van der Waals surface area contributed by atoms with Gasteiger partial charge in [0.1, 0.15) is 16.3 Å². The van der Waals surface area contributed by atoms with E-state index in [-0.39, 0.29) is 33.2 Å². The van der Waals surface area contributed by atoms with E-state index in [9.17, 15) is 14.7 Å². The number of anilines is 1. The molecule has 0 bridgehead atoms. The summed E-state index contributed by atoms with van der Waals surface area (Å²) in [5.41, 5.74) is 1.90. The van der Waals surface area contributed by atoms with Crippen LogP contribution in [0.4, 0.5) is 5.13 Å². The van der Waals surface area contributed by atoms with Crippen molar-refractivity contribution in [2.75, 3.05) is 18.0 Å². The quantitative estimate of drug-likeness (QED) is 0.245. The number of nitrogens with zero attached hydrogens (tertiary/aromatic N) is 5. The molecule has 2 atom stereocenters. The number of carboxylic acids is 1. The summed E-state index contributed by atoms with van der Waals surface area (Å²) < 4.78 is 6.28. The van der Waals surface area contributed by atoms with E-state index < -0.39 is 18.0 Å². The molecular formula is C23H22Cl2N8O4S. The summed E-state index contributed by atoms with van der Waals surface area (Å²) in [4.78, 5) is 34.3. The van der Waals surface area contributed by atoms with E-state index in [0.717, 1.165) is 16.9 Å². The summed E-state index contributed by atoms with van der Waals surface area (Å²) in [6.45, 7) is 2.91. The average Bonchev–Trinajstić information content (AvgIpc) is 3.66. The number of ether oxygens (including phenoxy) is 1. The van der Waals surface area contributed by atoms with E-state index in [2.05, 4.69) is 35.9 Å². The van der Waals surface area contributed by atoms with Crippen LogP contribution in [0.5, 0.6) is 0 Å². The molecule has 1 fully saturated rings. The van der Waals surface area contributed by atoms with Gasteiger partial charge in [0.05, 0.1) is 28.8 Å². The number of carboxylic acid groups (broad SMARTS) is 1. The summed E-state index contributed by atoms with van der Waals surface area (Å²) in [5.74, 6) is -1.43. The van der Waals surface area contributed by atoms with Gasteiger partial charge in [-0.05, 0) is 24.1 Å². The molecule has 12 nitrogen and oxygen atoms in total. The molecule has 1 aliphatic rings. The van der Waals surface area contributed by atoms with Crippen LogP contribution in [0.15, 0.2) is 30.3 Å². The molecule has 0 unspecified atom stereocenters. The number of rotatable bonds is 8. The minimum absolute atomic E-state index is 0.00668. The molecule has 0 saturated carbocycles. The van der Waals surface area contributed by atoms with Crippen LogP contribution < -0.4 is 10.2 Å². The summed E-state index contributed by atoms with van der Waals surface area (Å²) in [5, 5.41) is 27.2.